The summed E-state index contributed by atoms with van der Waals surface area (Å²) in [4.78, 5) is 62.6. The number of carbonyl (C=O) groups is 4. The van der Waals surface area contributed by atoms with Gasteiger partial charge in [0.2, 0.25) is 21.8 Å². The Morgan fingerprint density at radius 3 is 2.52 bits per heavy atom. The number of fused-ring (bicyclic) bond motifs is 7. The number of carbonyl (C=O) groups excluding carboxylic acids is 4. The van der Waals surface area contributed by atoms with Crippen molar-refractivity contribution < 1.29 is 41.8 Å². The molecule has 4 aliphatic rings. The number of pyridine rings is 1. The summed E-state index contributed by atoms with van der Waals surface area (Å²) in [6.45, 7) is 12.8. The van der Waals surface area contributed by atoms with Crippen molar-refractivity contribution >= 4 is 44.7 Å². The molecule has 0 radical (unpaired) electrons. The number of benzene rings is 2. The highest BCUT2D eigenvalue weighted by atomic mass is 32.2. The van der Waals surface area contributed by atoms with E-state index in [0.717, 1.165) is 10.9 Å². The molecule has 56 heavy (non-hydrogen) atoms. The van der Waals surface area contributed by atoms with Crippen LogP contribution in [-0.4, -0.2) is 89.8 Å². The van der Waals surface area contributed by atoms with Crippen LogP contribution in [-0.2, 0) is 29.1 Å². The number of amides is 4. The van der Waals surface area contributed by atoms with Gasteiger partial charge in [0.15, 0.2) is 0 Å². The van der Waals surface area contributed by atoms with Crippen molar-refractivity contribution in [3.63, 3.8) is 0 Å². The number of rotatable bonds is 6. The molecule has 2 aromatic carbocycles. The molecule has 3 N–H and O–H groups in total. The van der Waals surface area contributed by atoms with E-state index in [9.17, 15) is 27.6 Å². The largest absolute Gasteiger partial charge is 0.493 e. The highest BCUT2D eigenvalue weighted by Crippen LogP contribution is 2.46. The molecular formula is C41H49N5O9S. The minimum atomic E-state index is -3.91. The molecule has 2 aliphatic heterocycles. The van der Waals surface area contributed by atoms with E-state index in [-0.39, 0.29) is 26.0 Å². The maximum Gasteiger partial charge on any atom is 0.408 e. The maximum absolute atomic E-state index is 14.7. The predicted molar refractivity (Wildman–Crippen MR) is 208 cm³/mol. The number of ether oxygens (including phenoxy) is 3. The molecule has 3 aromatic rings. The Kier molecular flexibility index (Phi) is 10.0. The van der Waals surface area contributed by atoms with E-state index in [2.05, 4.69) is 21.9 Å². The number of alkyl carbamates (subject to hydrolysis) is 1. The third-order valence-electron chi connectivity index (χ3n) is 10.9. The van der Waals surface area contributed by atoms with Crippen molar-refractivity contribution in [1.29, 1.82) is 0 Å². The van der Waals surface area contributed by atoms with Gasteiger partial charge in [0.1, 0.15) is 46.5 Å². The first-order chi connectivity index (χ1) is 26.4. The van der Waals surface area contributed by atoms with Crippen LogP contribution in [0.5, 0.6) is 11.5 Å². The topological polar surface area (TPSA) is 182 Å². The number of sulfonamides is 1. The Balaban J connectivity index is 1.27. The molecule has 5 atom stereocenters. The minimum absolute atomic E-state index is 0.0121. The molecule has 3 fully saturated rings. The van der Waals surface area contributed by atoms with Crippen molar-refractivity contribution in [3.8, 4) is 22.8 Å². The molecule has 4 amide bonds. The fourth-order valence-electron chi connectivity index (χ4n) is 7.38. The van der Waals surface area contributed by atoms with Crippen LogP contribution in [0.25, 0.3) is 22.2 Å². The summed E-state index contributed by atoms with van der Waals surface area (Å²) < 4.78 is 46.4. The number of nitrogens with zero attached hydrogens (tertiary/aromatic N) is 2. The number of nitrogens with one attached hydrogen (secondary N) is 3. The van der Waals surface area contributed by atoms with Gasteiger partial charge in [0.25, 0.3) is 5.91 Å². The average Bonchev–Trinajstić information content (AvgIpc) is 4.06. The van der Waals surface area contributed by atoms with Crippen molar-refractivity contribution in [2.45, 2.75) is 101 Å². The Labute approximate surface area is 326 Å². The van der Waals surface area contributed by atoms with Crippen molar-refractivity contribution in [3.05, 3.63) is 67.3 Å². The minimum Gasteiger partial charge on any atom is -0.493 e. The number of aromatic nitrogens is 1. The van der Waals surface area contributed by atoms with Crippen LogP contribution in [0.1, 0.15) is 66.7 Å². The quantitative estimate of drug-likeness (QED) is 0.298. The lowest BCUT2D eigenvalue weighted by Crippen LogP contribution is -2.60. The Hall–Kier alpha value is -5.18. The smallest absolute Gasteiger partial charge is 0.408 e. The molecule has 2 unspecified atom stereocenters. The van der Waals surface area contributed by atoms with Crippen molar-refractivity contribution in [2.24, 2.45) is 11.3 Å². The van der Waals surface area contributed by atoms with Gasteiger partial charge in [-0.3, -0.25) is 19.1 Å². The zero-order chi connectivity index (χ0) is 40.2. The fraction of sp³-hybridized carbons (Fsp3) is 0.488. The molecule has 14 nitrogen and oxygen atoms in total. The lowest BCUT2D eigenvalue weighted by atomic mass is 9.85. The van der Waals surface area contributed by atoms with Crippen LogP contribution in [0.15, 0.2) is 67.3 Å². The van der Waals surface area contributed by atoms with Crippen LogP contribution in [0.2, 0.25) is 0 Å². The lowest BCUT2D eigenvalue weighted by Gasteiger charge is -2.36. The van der Waals surface area contributed by atoms with E-state index in [0.29, 0.717) is 42.0 Å². The summed E-state index contributed by atoms with van der Waals surface area (Å²) in [5.41, 5.74) is -1.41. The molecule has 15 heteroatoms. The third-order valence-corrected chi connectivity index (χ3v) is 12.7. The van der Waals surface area contributed by atoms with E-state index in [1.807, 2.05) is 54.6 Å². The lowest BCUT2D eigenvalue weighted by molar-refractivity contribution is -0.143. The van der Waals surface area contributed by atoms with Crippen molar-refractivity contribution in [2.75, 3.05) is 13.2 Å². The van der Waals surface area contributed by atoms with E-state index >= 15 is 0 Å². The number of para-hydroxylation sites is 1. The van der Waals surface area contributed by atoms with Crippen molar-refractivity contribution in [1.82, 2.24) is 25.2 Å². The number of hydrogen-bond acceptors (Lipinski definition) is 10. The molecule has 3 heterocycles. The van der Waals surface area contributed by atoms with E-state index < -0.39 is 79.7 Å². The van der Waals surface area contributed by atoms with Gasteiger partial charge in [-0.1, -0.05) is 57.2 Å². The van der Waals surface area contributed by atoms with Gasteiger partial charge in [0.05, 0.1) is 23.9 Å². The van der Waals surface area contributed by atoms with E-state index in [1.54, 1.807) is 34.6 Å². The van der Waals surface area contributed by atoms with Gasteiger partial charge in [-0.2, -0.15) is 0 Å². The van der Waals surface area contributed by atoms with Gasteiger partial charge in [-0.25, -0.2) is 18.2 Å². The molecule has 0 spiro atoms. The molecular weight excluding hydrogens is 739 g/mol. The summed E-state index contributed by atoms with van der Waals surface area (Å²) in [7, 11) is -3.91. The van der Waals surface area contributed by atoms with Crippen LogP contribution < -0.4 is 24.8 Å². The summed E-state index contributed by atoms with van der Waals surface area (Å²) >= 11 is 0. The SMILES string of the molecule is C=C[C@@H]1CC1(NC(=O)[C@@H]1CC2CN1C(=O)[C@H](C(C)(C)C)NC(=O)OC(C)(C)CCOc1cccc(c1)-c1nc3ccccc3cc1O2)C(=O)NS(=O)(=O)C1CC1. The Bertz CT molecular complexity index is 2200. The summed E-state index contributed by atoms with van der Waals surface area (Å²) in [6.07, 6.45) is 1.34. The predicted octanol–water partition coefficient (Wildman–Crippen LogP) is 4.62. The van der Waals surface area contributed by atoms with Crippen LogP contribution in [0.4, 0.5) is 4.79 Å². The van der Waals surface area contributed by atoms with Crippen LogP contribution in [0, 0.1) is 11.3 Å². The fourth-order valence-corrected chi connectivity index (χ4v) is 8.74. The van der Waals surface area contributed by atoms with Gasteiger partial charge in [-0.05, 0) is 62.8 Å². The standard InChI is InChI=1S/C41H49N5O9S/c1-7-26-22-41(26,37(49)45-56(51,52)29-15-16-29)44-35(47)31-21-28-23-46(31)36(48)34(39(2,3)4)43-38(50)55-40(5,6)17-18-53-27-13-10-12-25(19-27)33-32(54-28)20-24-11-8-9-14-30(24)42-33/h7-14,19-20,26,28-29,31,34H,1,15-18,21-23H2,2-6H3,(H,43,50)(H,44,47)(H,45,49)/t26-,28?,31+,34-,41?/m1/s1. The molecule has 298 valence electrons. The zero-order valence-electron chi connectivity index (χ0n) is 32.3. The van der Waals surface area contributed by atoms with Gasteiger partial charge in [-0.15, -0.1) is 6.58 Å². The van der Waals surface area contributed by atoms with Gasteiger partial charge >= 0.3 is 6.09 Å². The Morgan fingerprint density at radius 2 is 1.82 bits per heavy atom. The second kappa shape index (κ2) is 14.4. The summed E-state index contributed by atoms with van der Waals surface area (Å²) in [5.74, 6) is -1.61. The van der Waals surface area contributed by atoms with Gasteiger partial charge in [0, 0.05) is 29.7 Å². The molecule has 2 aliphatic carbocycles. The Morgan fingerprint density at radius 1 is 1.07 bits per heavy atom. The zero-order valence-corrected chi connectivity index (χ0v) is 33.1. The first-order valence-electron chi connectivity index (χ1n) is 19.0. The molecule has 1 saturated heterocycles. The van der Waals surface area contributed by atoms with E-state index in [4.69, 9.17) is 19.2 Å². The average molecular weight is 788 g/mol. The highest BCUT2D eigenvalue weighted by Gasteiger charge is 2.62. The number of cyclic esters (lactones) is 1. The molecule has 2 saturated carbocycles. The van der Waals surface area contributed by atoms with Crippen LogP contribution in [0.3, 0.4) is 0 Å². The molecule has 7 rings (SSSR count). The highest BCUT2D eigenvalue weighted by molar-refractivity contribution is 7.91. The second-order valence-corrected chi connectivity index (χ2v) is 18.9. The maximum atomic E-state index is 14.7. The third kappa shape index (κ3) is 8.04. The first-order valence-corrected chi connectivity index (χ1v) is 20.5. The normalized spacial score (nSPS) is 26.6. The molecule has 4 bridgehead atoms. The van der Waals surface area contributed by atoms with Crippen LogP contribution >= 0.6 is 0 Å². The monoisotopic (exact) mass is 787 g/mol. The van der Waals surface area contributed by atoms with E-state index in [1.165, 1.54) is 11.0 Å². The van der Waals surface area contributed by atoms with Gasteiger partial charge < -0.3 is 29.7 Å². The number of hydrogen-bond donors (Lipinski definition) is 3. The second-order valence-electron chi connectivity index (χ2n) is 16.9. The summed E-state index contributed by atoms with van der Waals surface area (Å²) in [6, 6.07) is 14.6. The summed E-state index contributed by atoms with van der Waals surface area (Å²) in [5, 5.41) is 5.75. The molecule has 1 aromatic heterocycles. The first kappa shape index (κ1) is 39.1.